The fraction of sp³-hybridized carbons (Fsp3) is 0.333. The number of aliphatic hydroxyl groups excluding tert-OH is 1. The third kappa shape index (κ3) is 1.75. The Hall–Kier alpha value is -2.10. The van der Waals surface area contributed by atoms with Gasteiger partial charge in [-0.1, -0.05) is 0 Å². The molecule has 0 spiro atoms. The average Bonchev–Trinajstić information content (AvgIpc) is 2.33. The summed E-state index contributed by atoms with van der Waals surface area (Å²) < 4.78 is 5.84. The third-order valence-corrected chi connectivity index (χ3v) is 3.63. The molecule has 4 nitrogen and oxygen atoms in total. The highest BCUT2D eigenvalue weighted by Gasteiger charge is 2.34. The molecule has 0 saturated heterocycles. The number of carbonyl (C=O) groups excluding carboxylic acids is 2. The van der Waals surface area contributed by atoms with Crippen LogP contribution in [0.15, 0.2) is 24.0 Å². The van der Waals surface area contributed by atoms with Crippen LogP contribution in [-0.2, 0) is 6.42 Å². The zero-order valence-electron chi connectivity index (χ0n) is 10.8. The molecule has 0 amide bonds. The minimum Gasteiger partial charge on any atom is -0.504 e. The molecule has 0 unspecified atom stereocenters. The number of rotatable bonds is 0. The topological polar surface area (TPSA) is 63.6 Å². The molecule has 0 radical (unpaired) electrons. The summed E-state index contributed by atoms with van der Waals surface area (Å²) in [5, 5.41) is 9.55. The van der Waals surface area contributed by atoms with Crippen molar-refractivity contribution >= 4 is 11.6 Å². The van der Waals surface area contributed by atoms with Crippen LogP contribution in [0, 0.1) is 0 Å². The van der Waals surface area contributed by atoms with E-state index >= 15 is 0 Å². The number of fused-ring (bicyclic) bond motifs is 3. The van der Waals surface area contributed by atoms with E-state index in [0.717, 1.165) is 18.1 Å². The van der Waals surface area contributed by atoms with Crippen LogP contribution in [0.3, 0.4) is 0 Å². The van der Waals surface area contributed by atoms with Crippen molar-refractivity contribution in [1.82, 2.24) is 0 Å². The van der Waals surface area contributed by atoms with Gasteiger partial charge < -0.3 is 9.84 Å². The molecule has 19 heavy (non-hydrogen) atoms. The van der Waals surface area contributed by atoms with Gasteiger partial charge in [0.1, 0.15) is 11.4 Å². The molecule has 3 rings (SSSR count). The number of hydrogen-bond acceptors (Lipinski definition) is 4. The van der Waals surface area contributed by atoms with Crippen LogP contribution in [0.1, 0.15) is 46.5 Å². The van der Waals surface area contributed by atoms with E-state index in [1.165, 1.54) is 0 Å². The van der Waals surface area contributed by atoms with Crippen molar-refractivity contribution in [3.8, 4) is 5.75 Å². The van der Waals surface area contributed by atoms with Crippen LogP contribution in [0.4, 0.5) is 0 Å². The highest BCUT2D eigenvalue weighted by atomic mass is 16.5. The predicted molar refractivity (Wildman–Crippen MR) is 68.8 cm³/mol. The fourth-order valence-corrected chi connectivity index (χ4v) is 2.61. The monoisotopic (exact) mass is 258 g/mol. The zero-order chi connectivity index (χ0) is 13.8. The molecular formula is C15H14O4. The summed E-state index contributed by atoms with van der Waals surface area (Å²) in [5.41, 5.74) is 1.11. The minimum atomic E-state index is -0.491. The van der Waals surface area contributed by atoms with E-state index < -0.39 is 11.5 Å². The Morgan fingerprint density at radius 1 is 1.26 bits per heavy atom. The lowest BCUT2D eigenvalue weighted by Crippen LogP contribution is -2.34. The Labute approximate surface area is 110 Å². The molecule has 98 valence electrons. The Bertz CT molecular complexity index is 638. The number of ketones is 2. The number of Topliss-reactive ketones (excluding diaryl/α,β-unsaturated/α-hetero) is 1. The Morgan fingerprint density at radius 2 is 2.00 bits per heavy atom. The molecule has 2 aliphatic rings. The first-order valence-electron chi connectivity index (χ1n) is 6.24. The van der Waals surface area contributed by atoms with E-state index in [1.807, 2.05) is 13.8 Å². The van der Waals surface area contributed by atoms with E-state index in [9.17, 15) is 14.7 Å². The lowest BCUT2D eigenvalue weighted by molar-refractivity contribution is 0.0823. The molecule has 1 heterocycles. The van der Waals surface area contributed by atoms with Crippen molar-refractivity contribution in [2.75, 3.05) is 0 Å². The molecular weight excluding hydrogens is 244 g/mol. The van der Waals surface area contributed by atoms with Crippen molar-refractivity contribution in [3.63, 3.8) is 0 Å². The van der Waals surface area contributed by atoms with Gasteiger partial charge in [-0.3, -0.25) is 9.59 Å². The first-order chi connectivity index (χ1) is 8.89. The van der Waals surface area contributed by atoms with Crippen LogP contribution in [0.5, 0.6) is 5.75 Å². The second-order valence-corrected chi connectivity index (χ2v) is 5.55. The Morgan fingerprint density at radius 3 is 2.74 bits per heavy atom. The number of hydrogen-bond donors (Lipinski definition) is 1. The third-order valence-electron chi connectivity index (χ3n) is 3.63. The number of benzene rings is 1. The van der Waals surface area contributed by atoms with Crippen molar-refractivity contribution in [1.29, 1.82) is 0 Å². The molecule has 0 aromatic heterocycles. The maximum Gasteiger partial charge on any atom is 0.228 e. The van der Waals surface area contributed by atoms with E-state index in [0.29, 0.717) is 23.3 Å². The van der Waals surface area contributed by atoms with Gasteiger partial charge in [-0.15, -0.1) is 0 Å². The van der Waals surface area contributed by atoms with Gasteiger partial charge in [-0.25, -0.2) is 0 Å². The molecule has 0 saturated carbocycles. The van der Waals surface area contributed by atoms with Crippen molar-refractivity contribution in [2.24, 2.45) is 0 Å². The largest absolute Gasteiger partial charge is 0.504 e. The van der Waals surface area contributed by atoms with Crippen LogP contribution < -0.4 is 4.74 Å². The molecule has 1 aromatic rings. The van der Waals surface area contributed by atoms with Gasteiger partial charge in [0.05, 0.1) is 0 Å². The highest BCUT2D eigenvalue weighted by Crippen LogP contribution is 2.38. The summed E-state index contributed by atoms with van der Waals surface area (Å²) in [6.45, 7) is 3.97. The molecule has 1 N–H and O–H groups in total. The summed E-state index contributed by atoms with van der Waals surface area (Å²) in [6.07, 6.45) is 2.41. The summed E-state index contributed by atoms with van der Waals surface area (Å²) in [6, 6.07) is 3.33. The fourth-order valence-electron chi connectivity index (χ4n) is 2.61. The maximum atomic E-state index is 12.1. The SMILES string of the molecule is CC1(C)CCc2c(ccc3c2C(=O)C(O)=CC3=O)O1. The van der Waals surface area contributed by atoms with E-state index in [4.69, 9.17) is 4.74 Å². The molecule has 0 atom stereocenters. The summed E-state index contributed by atoms with van der Waals surface area (Å²) in [7, 11) is 0. The average molecular weight is 258 g/mol. The van der Waals surface area contributed by atoms with Gasteiger partial charge in [0.2, 0.25) is 5.78 Å². The lowest BCUT2D eigenvalue weighted by Gasteiger charge is -2.34. The van der Waals surface area contributed by atoms with Crippen molar-refractivity contribution in [3.05, 3.63) is 40.7 Å². The number of allylic oxidation sites excluding steroid dienone is 2. The first kappa shape index (κ1) is 12.0. The quantitative estimate of drug-likeness (QED) is 0.777. The van der Waals surface area contributed by atoms with Crippen molar-refractivity contribution in [2.45, 2.75) is 32.3 Å². The summed E-state index contributed by atoms with van der Waals surface area (Å²) >= 11 is 0. The maximum absolute atomic E-state index is 12.1. The van der Waals surface area contributed by atoms with Crippen LogP contribution in [0.2, 0.25) is 0 Å². The molecule has 4 heteroatoms. The van der Waals surface area contributed by atoms with Gasteiger partial charge in [0, 0.05) is 22.8 Å². The molecule has 1 aromatic carbocycles. The second kappa shape index (κ2) is 3.70. The highest BCUT2D eigenvalue weighted by molar-refractivity contribution is 6.24. The molecule has 1 aliphatic carbocycles. The summed E-state index contributed by atoms with van der Waals surface area (Å²) in [5.74, 6) is -0.684. The van der Waals surface area contributed by atoms with E-state index in [-0.39, 0.29) is 11.4 Å². The molecule has 0 bridgehead atoms. The number of aliphatic hydroxyl groups is 1. The van der Waals surface area contributed by atoms with Gasteiger partial charge in [0.25, 0.3) is 0 Å². The Kier molecular flexibility index (Phi) is 2.33. The van der Waals surface area contributed by atoms with Crippen molar-refractivity contribution < 1.29 is 19.4 Å². The van der Waals surface area contributed by atoms with Gasteiger partial charge >= 0.3 is 0 Å². The van der Waals surface area contributed by atoms with Crippen LogP contribution in [0.25, 0.3) is 0 Å². The number of ether oxygens (including phenoxy) is 1. The smallest absolute Gasteiger partial charge is 0.228 e. The van der Waals surface area contributed by atoms with Gasteiger partial charge in [0.15, 0.2) is 11.5 Å². The molecule has 1 aliphatic heterocycles. The van der Waals surface area contributed by atoms with Crippen LogP contribution in [-0.4, -0.2) is 22.3 Å². The summed E-state index contributed by atoms with van der Waals surface area (Å²) in [4.78, 5) is 23.9. The molecule has 0 fully saturated rings. The normalized spacial score (nSPS) is 20.2. The Balaban J connectivity index is 2.21. The second-order valence-electron chi connectivity index (χ2n) is 5.55. The van der Waals surface area contributed by atoms with Crippen LogP contribution >= 0.6 is 0 Å². The van der Waals surface area contributed by atoms with Gasteiger partial charge in [-0.05, 0) is 38.8 Å². The lowest BCUT2D eigenvalue weighted by atomic mass is 9.84. The zero-order valence-corrected chi connectivity index (χ0v) is 10.8. The first-order valence-corrected chi connectivity index (χ1v) is 6.24. The standard InChI is InChI=1S/C15H14O4/c1-15(2)6-5-9-12(19-15)4-3-8-10(16)7-11(17)14(18)13(8)9/h3-4,7,17H,5-6H2,1-2H3. The van der Waals surface area contributed by atoms with E-state index in [2.05, 4.69) is 0 Å². The predicted octanol–water partition coefficient (Wildman–Crippen LogP) is 2.61. The minimum absolute atomic E-state index is 0.277. The number of carbonyl (C=O) groups is 2. The van der Waals surface area contributed by atoms with E-state index in [1.54, 1.807) is 12.1 Å². The van der Waals surface area contributed by atoms with Gasteiger partial charge in [-0.2, -0.15) is 0 Å².